The average molecular weight is 239 g/mol. The topological polar surface area (TPSA) is 33.1 Å². The molecule has 2 aromatic rings. The average Bonchev–Trinajstić information content (AvgIpc) is 2.68. The van der Waals surface area contributed by atoms with E-state index >= 15 is 0 Å². The zero-order valence-corrected chi connectivity index (χ0v) is 10.3. The SMILES string of the molecule is Oc1c([C@H]2C=CCCCC2)ccc2cnccc12. The van der Waals surface area contributed by atoms with Crippen LogP contribution in [-0.2, 0) is 0 Å². The highest BCUT2D eigenvalue weighted by molar-refractivity contribution is 5.88. The van der Waals surface area contributed by atoms with Crippen molar-refractivity contribution in [3.63, 3.8) is 0 Å². The van der Waals surface area contributed by atoms with E-state index in [9.17, 15) is 5.11 Å². The molecule has 0 aliphatic heterocycles. The molecular weight excluding hydrogens is 222 g/mol. The van der Waals surface area contributed by atoms with Crippen LogP contribution in [0.3, 0.4) is 0 Å². The summed E-state index contributed by atoms with van der Waals surface area (Å²) >= 11 is 0. The Kier molecular flexibility index (Phi) is 3.01. The normalized spacial score (nSPS) is 19.9. The van der Waals surface area contributed by atoms with Crippen molar-refractivity contribution in [2.24, 2.45) is 0 Å². The molecule has 1 aliphatic carbocycles. The minimum Gasteiger partial charge on any atom is -0.507 e. The van der Waals surface area contributed by atoms with E-state index in [0.29, 0.717) is 11.7 Å². The van der Waals surface area contributed by atoms with Gasteiger partial charge in [0, 0.05) is 34.6 Å². The third-order valence-electron chi connectivity index (χ3n) is 3.73. The molecule has 0 spiro atoms. The fourth-order valence-electron chi connectivity index (χ4n) is 2.71. The Bertz CT molecular complexity index is 589. The summed E-state index contributed by atoms with van der Waals surface area (Å²) < 4.78 is 0. The first kappa shape index (κ1) is 11.3. The Morgan fingerprint density at radius 2 is 2.11 bits per heavy atom. The third kappa shape index (κ3) is 1.99. The maximum absolute atomic E-state index is 10.4. The molecule has 0 fully saturated rings. The van der Waals surface area contributed by atoms with Crippen LogP contribution in [-0.4, -0.2) is 10.1 Å². The van der Waals surface area contributed by atoms with Crippen LogP contribution < -0.4 is 0 Å². The van der Waals surface area contributed by atoms with Crippen LogP contribution in [0.25, 0.3) is 10.8 Å². The molecule has 0 saturated carbocycles. The van der Waals surface area contributed by atoms with Crippen LogP contribution in [0, 0.1) is 0 Å². The molecular formula is C16H17NO. The van der Waals surface area contributed by atoms with Crippen molar-refractivity contribution in [3.05, 3.63) is 48.3 Å². The summed E-state index contributed by atoms with van der Waals surface area (Å²) in [6, 6.07) is 5.98. The standard InChI is InChI=1S/C16H17NO/c18-16-14(12-5-3-1-2-4-6-12)8-7-13-11-17-10-9-15(13)16/h3,5,7-12,18H,1-2,4,6H2/t12-/m0/s1. The second kappa shape index (κ2) is 4.81. The van der Waals surface area contributed by atoms with Gasteiger partial charge >= 0.3 is 0 Å². The lowest BCUT2D eigenvalue weighted by atomic mass is 9.92. The first-order valence-corrected chi connectivity index (χ1v) is 6.58. The lowest BCUT2D eigenvalue weighted by Crippen LogP contribution is -1.95. The molecule has 0 unspecified atom stereocenters. The van der Waals surface area contributed by atoms with Gasteiger partial charge in [0.05, 0.1) is 0 Å². The van der Waals surface area contributed by atoms with E-state index in [4.69, 9.17) is 0 Å². The monoisotopic (exact) mass is 239 g/mol. The molecule has 0 radical (unpaired) electrons. The molecule has 1 aromatic carbocycles. The highest BCUT2D eigenvalue weighted by Gasteiger charge is 2.15. The van der Waals surface area contributed by atoms with Crippen molar-refractivity contribution in [2.75, 3.05) is 0 Å². The van der Waals surface area contributed by atoms with Gasteiger partial charge in [0.15, 0.2) is 0 Å². The van der Waals surface area contributed by atoms with Crippen LogP contribution in [0.15, 0.2) is 42.7 Å². The summed E-state index contributed by atoms with van der Waals surface area (Å²) in [6.07, 6.45) is 12.8. The van der Waals surface area contributed by atoms with E-state index in [2.05, 4.69) is 23.2 Å². The minimum atomic E-state index is 0.352. The van der Waals surface area contributed by atoms with Gasteiger partial charge in [-0.05, 0) is 25.3 Å². The first-order valence-electron chi connectivity index (χ1n) is 6.58. The van der Waals surface area contributed by atoms with E-state index in [0.717, 1.165) is 29.2 Å². The van der Waals surface area contributed by atoms with Crippen LogP contribution in [0.5, 0.6) is 5.75 Å². The smallest absolute Gasteiger partial charge is 0.127 e. The zero-order valence-electron chi connectivity index (χ0n) is 10.3. The quantitative estimate of drug-likeness (QED) is 0.758. The number of nitrogens with zero attached hydrogens (tertiary/aromatic N) is 1. The number of hydrogen-bond donors (Lipinski definition) is 1. The highest BCUT2D eigenvalue weighted by Crippen LogP contribution is 2.37. The van der Waals surface area contributed by atoms with Gasteiger partial charge in [0.25, 0.3) is 0 Å². The number of benzene rings is 1. The van der Waals surface area contributed by atoms with Crippen molar-refractivity contribution in [1.82, 2.24) is 4.98 Å². The molecule has 1 heterocycles. The molecule has 1 aromatic heterocycles. The molecule has 18 heavy (non-hydrogen) atoms. The predicted octanol–water partition coefficient (Wildman–Crippen LogP) is 4.15. The summed E-state index contributed by atoms with van der Waals surface area (Å²) in [5, 5.41) is 12.3. The molecule has 1 atom stereocenters. The van der Waals surface area contributed by atoms with Crippen LogP contribution in [0.4, 0.5) is 0 Å². The van der Waals surface area contributed by atoms with Gasteiger partial charge in [-0.15, -0.1) is 0 Å². The molecule has 1 aliphatic rings. The van der Waals surface area contributed by atoms with E-state index in [1.165, 1.54) is 12.8 Å². The lowest BCUT2D eigenvalue weighted by Gasteiger charge is -2.14. The number of allylic oxidation sites excluding steroid dienone is 2. The number of phenols is 1. The minimum absolute atomic E-state index is 0.352. The number of phenolic OH excluding ortho intramolecular Hbond substituents is 1. The summed E-state index contributed by atoms with van der Waals surface area (Å²) in [6.45, 7) is 0. The Labute approximate surface area is 107 Å². The molecule has 1 N–H and O–H groups in total. The Hall–Kier alpha value is -1.83. The second-order valence-electron chi connectivity index (χ2n) is 4.92. The zero-order chi connectivity index (χ0) is 12.4. The first-order chi connectivity index (χ1) is 8.86. The Morgan fingerprint density at radius 1 is 1.17 bits per heavy atom. The van der Waals surface area contributed by atoms with Gasteiger partial charge in [-0.25, -0.2) is 0 Å². The number of aromatic hydroxyl groups is 1. The van der Waals surface area contributed by atoms with E-state index in [1.807, 2.05) is 12.1 Å². The molecule has 2 heteroatoms. The van der Waals surface area contributed by atoms with Crippen molar-refractivity contribution in [1.29, 1.82) is 0 Å². The van der Waals surface area contributed by atoms with Crippen LogP contribution in [0.1, 0.15) is 37.2 Å². The van der Waals surface area contributed by atoms with Crippen molar-refractivity contribution < 1.29 is 5.11 Å². The number of rotatable bonds is 1. The maximum Gasteiger partial charge on any atom is 0.127 e. The van der Waals surface area contributed by atoms with E-state index in [-0.39, 0.29) is 0 Å². The summed E-state index contributed by atoms with van der Waals surface area (Å²) in [5.74, 6) is 0.775. The Balaban J connectivity index is 2.08. The van der Waals surface area contributed by atoms with Gasteiger partial charge in [-0.2, -0.15) is 0 Å². The van der Waals surface area contributed by atoms with Gasteiger partial charge < -0.3 is 5.11 Å². The highest BCUT2D eigenvalue weighted by atomic mass is 16.3. The summed E-state index contributed by atoms with van der Waals surface area (Å²) in [5.41, 5.74) is 1.05. The van der Waals surface area contributed by atoms with E-state index in [1.54, 1.807) is 12.4 Å². The largest absolute Gasteiger partial charge is 0.507 e. The predicted molar refractivity (Wildman–Crippen MR) is 73.8 cm³/mol. The van der Waals surface area contributed by atoms with Crippen molar-refractivity contribution in [3.8, 4) is 5.75 Å². The molecule has 0 saturated heterocycles. The molecule has 0 bridgehead atoms. The van der Waals surface area contributed by atoms with Crippen molar-refractivity contribution in [2.45, 2.75) is 31.6 Å². The van der Waals surface area contributed by atoms with Gasteiger partial charge in [0.2, 0.25) is 0 Å². The van der Waals surface area contributed by atoms with Gasteiger partial charge in [-0.3, -0.25) is 4.98 Å². The number of pyridine rings is 1. The molecule has 2 nitrogen and oxygen atoms in total. The fraction of sp³-hybridized carbons (Fsp3) is 0.312. The Morgan fingerprint density at radius 3 is 3.06 bits per heavy atom. The van der Waals surface area contributed by atoms with Gasteiger partial charge in [-0.1, -0.05) is 30.7 Å². The number of aromatic nitrogens is 1. The van der Waals surface area contributed by atoms with E-state index < -0.39 is 0 Å². The molecule has 3 rings (SSSR count). The lowest BCUT2D eigenvalue weighted by molar-refractivity contribution is 0.469. The summed E-state index contributed by atoms with van der Waals surface area (Å²) in [7, 11) is 0. The second-order valence-corrected chi connectivity index (χ2v) is 4.92. The number of hydrogen-bond acceptors (Lipinski definition) is 2. The molecule has 92 valence electrons. The maximum atomic E-state index is 10.4. The molecule has 0 amide bonds. The third-order valence-corrected chi connectivity index (χ3v) is 3.73. The fourth-order valence-corrected chi connectivity index (χ4v) is 2.71. The number of fused-ring (bicyclic) bond motifs is 1. The van der Waals surface area contributed by atoms with Crippen molar-refractivity contribution >= 4 is 10.8 Å². The van der Waals surface area contributed by atoms with Crippen LogP contribution >= 0.6 is 0 Å². The summed E-state index contributed by atoms with van der Waals surface area (Å²) in [4.78, 5) is 4.09. The van der Waals surface area contributed by atoms with Gasteiger partial charge in [0.1, 0.15) is 5.75 Å². The van der Waals surface area contributed by atoms with Crippen LogP contribution in [0.2, 0.25) is 0 Å².